The van der Waals surface area contributed by atoms with Crippen molar-refractivity contribution in [3.63, 3.8) is 0 Å². The van der Waals surface area contributed by atoms with Gasteiger partial charge in [-0.05, 0) is 100 Å². The summed E-state index contributed by atoms with van der Waals surface area (Å²) in [6.45, 7) is 41.8. The van der Waals surface area contributed by atoms with Gasteiger partial charge in [-0.3, -0.25) is 0 Å². The smallest absolute Gasteiger partial charge is 0.413 e. The van der Waals surface area contributed by atoms with Gasteiger partial charge in [0.2, 0.25) is 0 Å². The van der Waals surface area contributed by atoms with Crippen LogP contribution in [0.5, 0.6) is 11.5 Å². The second-order valence-corrected chi connectivity index (χ2v) is 20.5. The first-order valence-electron chi connectivity index (χ1n) is 20.5. The molecule has 0 amide bonds. The minimum Gasteiger partial charge on any atom is -0.413 e. The van der Waals surface area contributed by atoms with Crippen LogP contribution in [0.25, 0.3) is 0 Å². The summed E-state index contributed by atoms with van der Waals surface area (Å²) in [6.07, 6.45) is 11.8. The molecule has 0 radical (unpaired) electrons. The van der Waals surface area contributed by atoms with Crippen LogP contribution in [0.1, 0.15) is 192 Å². The normalized spacial score (nSPS) is 16.5. The van der Waals surface area contributed by atoms with Crippen molar-refractivity contribution < 1.29 is 13.6 Å². The van der Waals surface area contributed by atoms with E-state index in [-0.39, 0.29) is 38.4 Å². The van der Waals surface area contributed by atoms with E-state index in [1.165, 1.54) is 27.8 Å². The predicted molar refractivity (Wildman–Crippen MR) is 228 cm³/mol. The maximum atomic E-state index is 7.17. The van der Waals surface area contributed by atoms with E-state index in [1.807, 2.05) is 0 Å². The summed E-state index contributed by atoms with van der Waals surface area (Å²) in [4.78, 5) is 0. The van der Waals surface area contributed by atoms with Crippen molar-refractivity contribution >= 4 is 8.60 Å². The van der Waals surface area contributed by atoms with Gasteiger partial charge < -0.3 is 13.6 Å². The molecule has 1 aliphatic rings. The van der Waals surface area contributed by atoms with Crippen LogP contribution in [-0.2, 0) is 26.2 Å². The highest BCUT2D eigenvalue weighted by atomic mass is 31.2. The largest absolute Gasteiger partial charge is 0.529 e. The Morgan fingerprint density at radius 1 is 0.500 bits per heavy atom. The van der Waals surface area contributed by atoms with Crippen molar-refractivity contribution in [3.05, 3.63) is 82.1 Å². The molecule has 0 saturated heterocycles. The Bertz CT molecular complexity index is 1490. The van der Waals surface area contributed by atoms with Gasteiger partial charge in [0, 0.05) is 17.0 Å². The van der Waals surface area contributed by atoms with E-state index < -0.39 is 8.60 Å². The van der Waals surface area contributed by atoms with Crippen LogP contribution in [0.2, 0.25) is 0 Å². The van der Waals surface area contributed by atoms with Crippen LogP contribution in [0.15, 0.2) is 59.9 Å². The lowest BCUT2D eigenvalue weighted by Gasteiger charge is -2.41. The molecule has 0 aromatic heterocycles. The van der Waals surface area contributed by atoms with Gasteiger partial charge in [-0.25, -0.2) is 0 Å². The Morgan fingerprint density at radius 2 is 0.904 bits per heavy atom. The predicted octanol–water partition coefficient (Wildman–Crippen LogP) is 15.8. The molecular formula is C48H77O3P. The number of hydrogen-bond donors (Lipinski definition) is 0. The lowest BCUT2D eigenvalue weighted by atomic mass is 9.67. The van der Waals surface area contributed by atoms with E-state index in [9.17, 15) is 0 Å². The van der Waals surface area contributed by atoms with Gasteiger partial charge in [0.1, 0.15) is 17.3 Å². The molecule has 2 aromatic rings. The van der Waals surface area contributed by atoms with Gasteiger partial charge in [-0.1, -0.05) is 167 Å². The van der Waals surface area contributed by atoms with E-state index in [0.29, 0.717) is 0 Å². The summed E-state index contributed by atoms with van der Waals surface area (Å²) in [6, 6.07) is 13.6. The minimum atomic E-state index is -1.88. The van der Waals surface area contributed by atoms with Gasteiger partial charge in [0.25, 0.3) is 0 Å². The SMILES string of the molecule is CCC(C)(C)C1=CC=C(OP(Oc2ccc(C(C)(C)CC)cc2C(C)(C)CC)Oc2ccc(C(C)(C)CC)cc2C(C)(C)CC)[C@@H](C(C)(C)CC)C1. The average molecular weight is 733 g/mol. The van der Waals surface area contributed by atoms with E-state index in [2.05, 4.69) is 173 Å². The molecule has 1 aliphatic carbocycles. The Morgan fingerprint density at radius 3 is 1.27 bits per heavy atom. The summed E-state index contributed by atoms with van der Waals surface area (Å²) in [5.74, 6) is 2.87. The summed E-state index contributed by atoms with van der Waals surface area (Å²) in [5.41, 5.74) is 6.66. The second kappa shape index (κ2) is 16.6. The molecule has 0 unspecified atom stereocenters. The monoisotopic (exact) mass is 733 g/mol. The van der Waals surface area contributed by atoms with E-state index in [1.54, 1.807) is 0 Å². The second-order valence-electron chi connectivity index (χ2n) is 19.5. The fraction of sp³-hybridized carbons (Fsp3) is 0.667. The topological polar surface area (TPSA) is 27.7 Å². The first kappa shape index (κ1) is 44.1. The molecule has 4 heteroatoms. The zero-order chi connectivity index (χ0) is 39.5. The van der Waals surface area contributed by atoms with E-state index in [0.717, 1.165) is 62.2 Å². The molecule has 2 aromatic carbocycles. The third-order valence-electron chi connectivity index (χ3n) is 13.9. The lowest BCUT2D eigenvalue weighted by Crippen LogP contribution is -2.30. The van der Waals surface area contributed by atoms with Gasteiger partial charge in [-0.15, -0.1) is 0 Å². The number of hydrogen-bond acceptors (Lipinski definition) is 3. The Balaban J connectivity index is 2.29. The highest BCUT2D eigenvalue weighted by molar-refractivity contribution is 7.42. The Kier molecular flexibility index (Phi) is 14.1. The molecule has 0 fully saturated rings. The quantitative estimate of drug-likeness (QED) is 0.143. The third-order valence-corrected chi connectivity index (χ3v) is 14.9. The van der Waals surface area contributed by atoms with Crippen molar-refractivity contribution in [2.24, 2.45) is 16.7 Å². The van der Waals surface area contributed by atoms with Crippen LogP contribution in [0.4, 0.5) is 0 Å². The molecule has 0 bridgehead atoms. The molecule has 0 saturated carbocycles. The van der Waals surface area contributed by atoms with Crippen molar-refractivity contribution in [2.45, 2.75) is 191 Å². The van der Waals surface area contributed by atoms with Crippen LogP contribution >= 0.6 is 8.60 Å². The zero-order valence-electron chi connectivity index (χ0n) is 36.8. The number of rotatable bonds is 18. The Labute approximate surface area is 322 Å². The lowest BCUT2D eigenvalue weighted by molar-refractivity contribution is 0.165. The molecule has 1 atom stereocenters. The van der Waals surface area contributed by atoms with Gasteiger partial charge in [0.05, 0.1) is 0 Å². The maximum absolute atomic E-state index is 7.17. The average Bonchev–Trinajstić information content (AvgIpc) is 3.11. The molecule has 52 heavy (non-hydrogen) atoms. The standard InChI is InChI=1S/C48H77O3P/c1-19-43(7,8)34-25-28-40(37(31-34)46(13,14)22-4)49-52(50-41-29-26-35(44(9,10)20-2)32-38(41)47(15,16)23-5)51-42-30-27-36(45(11,12)21-3)33-39(42)48(17,18)24-6/h25-32,39H,19-24,33H2,1-18H3/t39-/m0/s1. The zero-order valence-corrected chi connectivity index (χ0v) is 37.7. The van der Waals surface area contributed by atoms with Gasteiger partial charge >= 0.3 is 8.60 Å². The minimum absolute atomic E-state index is 0.0294. The fourth-order valence-electron chi connectivity index (χ4n) is 6.63. The highest BCUT2D eigenvalue weighted by Gasteiger charge is 2.40. The summed E-state index contributed by atoms with van der Waals surface area (Å²) in [5, 5.41) is 0. The van der Waals surface area contributed by atoms with Gasteiger partial charge in [0.15, 0.2) is 0 Å². The van der Waals surface area contributed by atoms with E-state index >= 15 is 0 Å². The molecule has 0 N–H and O–H groups in total. The molecule has 0 heterocycles. The maximum Gasteiger partial charge on any atom is 0.529 e. The van der Waals surface area contributed by atoms with Crippen LogP contribution in [0, 0.1) is 16.7 Å². The number of benzene rings is 2. The summed E-state index contributed by atoms with van der Waals surface area (Å²) < 4.78 is 21.4. The summed E-state index contributed by atoms with van der Waals surface area (Å²) in [7, 11) is -1.88. The molecule has 0 aliphatic heterocycles. The molecule has 3 nitrogen and oxygen atoms in total. The van der Waals surface area contributed by atoms with Crippen molar-refractivity contribution in [1.29, 1.82) is 0 Å². The molecule has 3 rings (SSSR count). The first-order valence-corrected chi connectivity index (χ1v) is 21.6. The fourth-order valence-corrected chi connectivity index (χ4v) is 7.74. The number of allylic oxidation sites excluding steroid dienone is 4. The van der Waals surface area contributed by atoms with Crippen molar-refractivity contribution in [3.8, 4) is 11.5 Å². The highest BCUT2D eigenvalue weighted by Crippen LogP contribution is 2.54. The third kappa shape index (κ3) is 9.88. The van der Waals surface area contributed by atoms with Crippen molar-refractivity contribution in [2.75, 3.05) is 0 Å². The van der Waals surface area contributed by atoms with Crippen LogP contribution in [-0.4, -0.2) is 0 Å². The molecule has 0 spiro atoms. The van der Waals surface area contributed by atoms with Crippen LogP contribution in [0.3, 0.4) is 0 Å². The van der Waals surface area contributed by atoms with E-state index in [4.69, 9.17) is 13.6 Å². The van der Waals surface area contributed by atoms with Crippen molar-refractivity contribution in [1.82, 2.24) is 0 Å². The Hall–Kier alpha value is -2.25. The van der Waals surface area contributed by atoms with Gasteiger partial charge in [-0.2, -0.15) is 0 Å². The molecule has 292 valence electrons. The van der Waals surface area contributed by atoms with Crippen LogP contribution < -0.4 is 9.05 Å². The first-order chi connectivity index (χ1) is 23.9. The molecular weight excluding hydrogens is 655 g/mol. The summed E-state index contributed by atoms with van der Waals surface area (Å²) >= 11 is 0.